The van der Waals surface area contributed by atoms with Crippen molar-refractivity contribution in [2.24, 2.45) is 5.92 Å². The van der Waals surface area contributed by atoms with Gasteiger partial charge in [0.2, 0.25) is 0 Å². The van der Waals surface area contributed by atoms with Gasteiger partial charge in [0, 0.05) is 12.5 Å². The van der Waals surface area contributed by atoms with Crippen molar-refractivity contribution in [3.05, 3.63) is 60.7 Å². The van der Waals surface area contributed by atoms with Crippen LogP contribution >= 0.6 is 0 Å². The molecule has 3 nitrogen and oxygen atoms in total. The Bertz CT molecular complexity index is 846. The van der Waals surface area contributed by atoms with Crippen LogP contribution in [0.4, 0.5) is 0 Å². The molecule has 0 aliphatic heterocycles. The van der Waals surface area contributed by atoms with E-state index in [9.17, 15) is 5.11 Å². The van der Waals surface area contributed by atoms with Crippen LogP contribution in [0.1, 0.15) is 68.2 Å². The number of benzene rings is 2. The van der Waals surface area contributed by atoms with Gasteiger partial charge in [0.15, 0.2) is 8.32 Å². The lowest BCUT2D eigenvalue weighted by Gasteiger charge is -2.45. The van der Waals surface area contributed by atoms with Crippen LogP contribution in [0, 0.1) is 5.92 Å². The third kappa shape index (κ3) is 7.17. The average Bonchev–Trinajstić information content (AvgIpc) is 2.78. The second-order valence-corrected chi connectivity index (χ2v) is 21.7. The van der Waals surface area contributed by atoms with Gasteiger partial charge in [-0.05, 0) is 46.4 Å². The van der Waals surface area contributed by atoms with E-state index in [4.69, 9.17) is 8.85 Å². The van der Waals surface area contributed by atoms with Crippen LogP contribution in [0.2, 0.25) is 23.2 Å². The van der Waals surface area contributed by atoms with Crippen LogP contribution in [-0.4, -0.2) is 40.6 Å². The molecule has 0 aliphatic carbocycles. The van der Waals surface area contributed by atoms with Gasteiger partial charge in [-0.1, -0.05) is 116 Å². The Hall–Kier alpha value is -1.25. The molecule has 35 heavy (non-hydrogen) atoms. The van der Waals surface area contributed by atoms with Gasteiger partial charge in [-0.25, -0.2) is 0 Å². The summed E-state index contributed by atoms with van der Waals surface area (Å²) in [5, 5.41) is 13.2. The Balaban J connectivity index is 2.46. The standard InChI is InChI=1S/C30H50O3Si2/c1-11-25(31)22-28(33-34(9,10)29(3,4)5)24(2)23-32-35(30(6,7)8,26-18-14-12-15-19-26)27-20-16-13-17-21-27/h12-21,24-25,28,31H,11,22-23H2,1-10H3/t24-,25+,28-/m0/s1. The minimum atomic E-state index is -2.61. The molecule has 0 heterocycles. The monoisotopic (exact) mass is 514 g/mol. The molecule has 0 saturated heterocycles. The number of aliphatic hydroxyl groups excluding tert-OH is 1. The Labute approximate surface area is 217 Å². The minimum absolute atomic E-state index is 0.0379. The lowest BCUT2D eigenvalue weighted by molar-refractivity contribution is 0.0377. The van der Waals surface area contributed by atoms with E-state index >= 15 is 0 Å². The van der Waals surface area contributed by atoms with Crippen molar-refractivity contribution in [1.82, 2.24) is 0 Å². The molecule has 2 rings (SSSR count). The van der Waals surface area contributed by atoms with Gasteiger partial charge >= 0.3 is 0 Å². The number of rotatable bonds is 11. The molecule has 0 spiro atoms. The fourth-order valence-corrected chi connectivity index (χ4v) is 10.6. The molecule has 1 N–H and O–H groups in total. The first kappa shape index (κ1) is 30.0. The Morgan fingerprint density at radius 1 is 0.800 bits per heavy atom. The first-order valence-corrected chi connectivity index (χ1v) is 18.1. The third-order valence-electron chi connectivity index (χ3n) is 7.84. The Kier molecular flexibility index (Phi) is 10.2. The lowest BCUT2D eigenvalue weighted by atomic mass is 9.99. The molecule has 0 fully saturated rings. The summed E-state index contributed by atoms with van der Waals surface area (Å²) in [5.41, 5.74) is 0. The van der Waals surface area contributed by atoms with Gasteiger partial charge in [-0.15, -0.1) is 0 Å². The average molecular weight is 515 g/mol. The van der Waals surface area contributed by atoms with Crippen LogP contribution in [0.25, 0.3) is 0 Å². The van der Waals surface area contributed by atoms with Crippen molar-refractivity contribution in [3.63, 3.8) is 0 Å². The molecule has 2 aromatic carbocycles. The molecule has 0 unspecified atom stereocenters. The molecular weight excluding hydrogens is 464 g/mol. The number of aliphatic hydroxyl groups is 1. The van der Waals surface area contributed by atoms with Crippen LogP contribution in [0.3, 0.4) is 0 Å². The van der Waals surface area contributed by atoms with E-state index in [1.807, 2.05) is 6.92 Å². The topological polar surface area (TPSA) is 38.7 Å². The first-order valence-electron chi connectivity index (χ1n) is 13.3. The smallest absolute Gasteiger partial charge is 0.261 e. The van der Waals surface area contributed by atoms with E-state index in [0.717, 1.165) is 6.42 Å². The molecule has 0 bridgehead atoms. The summed E-state index contributed by atoms with van der Waals surface area (Å²) >= 11 is 0. The largest absolute Gasteiger partial charge is 0.413 e. The third-order valence-corrected chi connectivity index (χ3v) is 17.4. The highest BCUT2D eigenvalue weighted by atomic mass is 28.4. The minimum Gasteiger partial charge on any atom is -0.413 e. The molecule has 0 aliphatic rings. The van der Waals surface area contributed by atoms with Gasteiger partial charge in [-0.3, -0.25) is 0 Å². The summed E-state index contributed by atoms with van der Waals surface area (Å²) in [5.74, 6) is 0.159. The fraction of sp³-hybridized carbons (Fsp3) is 0.600. The summed E-state index contributed by atoms with van der Waals surface area (Å²) in [4.78, 5) is 0. The van der Waals surface area contributed by atoms with Gasteiger partial charge < -0.3 is 14.0 Å². The molecule has 0 radical (unpaired) electrons. The fourth-order valence-electron chi connectivity index (χ4n) is 4.51. The summed E-state index contributed by atoms with van der Waals surface area (Å²) in [6.45, 7) is 23.2. The maximum absolute atomic E-state index is 10.6. The maximum atomic E-state index is 10.6. The van der Waals surface area contributed by atoms with Crippen molar-refractivity contribution < 1.29 is 14.0 Å². The number of hydrogen-bond donors (Lipinski definition) is 1. The zero-order valence-electron chi connectivity index (χ0n) is 23.9. The predicted octanol–water partition coefficient (Wildman–Crippen LogP) is 6.75. The zero-order chi connectivity index (χ0) is 26.5. The molecule has 2 aromatic rings. The molecule has 3 atom stereocenters. The number of hydrogen-bond acceptors (Lipinski definition) is 3. The van der Waals surface area contributed by atoms with Gasteiger partial charge in [-0.2, -0.15) is 0 Å². The van der Waals surface area contributed by atoms with E-state index in [1.54, 1.807) is 0 Å². The second-order valence-electron chi connectivity index (χ2n) is 12.7. The van der Waals surface area contributed by atoms with Gasteiger partial charge in [0.05, 0.1) is 12.2 Å². The van der Waals surface area contributed by atoms with E-state index < -0.39 is 16.6 Å². The quantitative estimate of drug-likeness (QED) is 0.337. The summed E-state index contributed by atoms with van der Waals surface area (Å²) < 4.78 is 14.1. The van der Waals surface area contributed by atoms with Crippen LogP contribution in [0.5, 0.6) is 0 Å². The van der Waals surface area contributed by atoms with Crippen molar-refractivity contribution in [2.45, 2.75) is 104 Å². The molecule has 0 saturated carbocycles. The van der Waals surface area contributed by atoms with Gasteiger partial charge in [0.1, 0.15) is 0 Å². The summed E-state index contributed by atoms with van der Waals surface area (Å²) in [6, 6.07) is 21.6. The zero-order valence-corrected chi connectivity index (χ0v) is 25.9. The van der Waals surface area contributed by atoms with E-state index in [-0.39, 0.29) is 28.2 Å². The van der Waals surface area contributed by atoms with Crippen molar-refractivity contribution in [3.8, 4) is 0 Å². The molecule has 0 amide bonds. The highest BCUT2D eigenvalue weighted by Crippen LogP contribution is 2.40. The summed E-state index contributed by atoms with van der Waals surface area (Å²) in [7, 11) is -4.61. The van der Waals surface area contributed by atoms with Crippen molar-refractivity contribution in [2.75, 3.05) is 6.61 Å². The second kappa shape index (κ2) is 11.9. The Morgan fingerprint density at radius 3 is 1.63 bits per heavy atom. The SMILES string of the molecule is CC[C@@H](O)C[C@H](O[Si](C)(C)C(C)(C)C)[C@@H](C)CO[Si](c1ccccc1)(c1ccccc1)C(C)(C)C. The molecule has 5 heteroatoms. The van der Waals surface area contributed by atoms with Crippen LogP contribution in [-0.2, 0) is 8.85 Å². The van der Waals surface area contributed by atoms with Gasteiger partial charge in [0.25, 0.3) is 8.32 Å². The molecular formula is C30H50O3Si2. The molecule has 0 aromatic heterocycles. The normalized spacial score (nSPS) is 16.1. The first-order chi connectivity index (χ1) is 16.2. The van der Waals surface area contributed by atoms with E-state index in [0.29, 0.717) is 13.0 Å². The predicted molar refractivity (Wildman–Crippen MR) is 156 cm³/mol. The van der Waals surface area contributed by atoms with Crippen molar-refractivity contribution >= 4 is 27.0 Å². The van der Waals surface area contributed by atoms with E-state index in [2.05, 4.69) is 122 Å². The highest BCUT2D eigenvalue weighted by Gasteiger charge is 2.50. The highest BCUT2D eigenvalue weighted by molar-refractivity contribution is 6.99. The van der Waals surface area contributed by atoms with Crippen molar-refractivity contribution in [1.29, 1.82) is 0 Å². The Morgan fingerprint density at radius 2 is 1.26 bits per heavy atom. The van der Waals surface area contributed by atoms with E-state index in [1.165, 1.54) is 10.4 Å². The van der Waals surface area contributed by atoms with Crippen LogP contribution in [0.15, 0.2) is 60.7 Å². The summed E-state index contributed by atoms with van der Waals surface area (Å²) in [6.07, 6.45) is 0.984. The maximum Gasteiger partial charge on any atom is 0.261 e. The van der Waals surface area contributed by atoms with Crippen LogP contribution < -0.4 is 10.4 Å². The lowest BCUT2D eigenvalue weighted by Crippen LogP contribution is -2.67. The molecule has 196 valence electrons.